The smallest absolute Gasteiger partial charge is 0.338 e. The van der Waals surface area contributed by atoms with Crippen molar-refractivity contribution < 1.29 is 8.85 Å². The summed E-state index contributed by atoms with van der Waals surface area (Å²) in [5, 5.41) is 0. The summed E-state index contributed by atoms with van der Waals surface area (Å²) in [4.78, 5) is 0. The molecule has 3 heteroatoms. The van der Waals surface area contributed by atoms with E-state index in [1.54, 1.807) is 0 Å². The Hall–Kier alpha value is 0.137. The summed E-state index contributed by atoms with van der Waals surface area (Å²) in [7, 11) is -1.90. The highest BCUT2D eigenvalue weighted by atomic mass is 28.4. The maximum absolute atomic E-state index is 6.17. The Kier molecular flexibility index (Phi) is 4.81. The van der Waals surface area contributed by atoms with Gasteiger partial charge in [-0.25, -0.2) is 0 Å². The Bertz CT molecular complexity index is 170. The molecule has 0 saturated heterocycles. The fourth-order valence-electron chi connectivity index (χ4n) is 2.06. The lowest BCUT2D eigenvalue weighted by Gasteiger charge is -2.33. The molecule has 0 aliphatic heterocycles. The van der Waals surface area contributed by atoms with E-state index in [2.05, 4.69) is 34.6 Å². The third-order valence-corrected chi connectivity index (χ3v) is 6.81. The van der Waals surface area contributed by atoms with Crippen LogP contribution in [0.4, 0.5) is 0 Å². The van der Waals surface area contributed by atoms with Gasteiger partial charge in [-0.1, -0.05) is 19.8 Å². The molecule has 90 valence electrons. The van der Waals surface area contributed by atoms with Crippen molar-refractivity contribution in [1.29, 1.82) is 0 Å². The zero-order valence-electron chi connectivity index (χ0n) is 10.9. The van der Waals surface area contributed by atoms with Gasteiger partial charge in [0, 0.05) is 12.2 Å². The largest absolute Gasteiger partial charge is 0.392 e. The lowest BCUT2D eigenvalue weighted by molar-refractivity contribution is 0.104. The van der Waals surface area contributed by atoms with E-state index in [-0.39, 0.29) is 0 Å². The molecule has 0 aromatic rings. The van der Waals surface area contributed by atoms with Crippen molar-refractivity contribution in [3.8, 4) is 0 Å². The Morgan fingerprint density at radius 1 is 1.07 bits per heavy atom. The Balaban J connectivity index is 2.59. The molecule has 1 saturated carbocycles. The normalized spacial score (nSPS) is 17.8. The van der Waals surface area contributed by atoms with Crippen LogP contribution in [0.25, 0.3) is 0 Å². The molecular formula is C12H26O2Si. The third-order valence-electron chi connectivity index (χ3n) is 2.74. The van der Waals surface area contributed by atoms with E-state index in [1.165, 1.54) is 18.9 Å². The molecule has 0 atom stereocenters. The van der Waals surface area contributed by atoms with E-state index in [1.807, 2.05) is 0 Å². The minimum Gasteiger partial charge on any atom is -0.392 e. The van der Waals surface area contributed by atoms with E-state index >= 15 is 0 Å². The van der Waals surface area contributed by atoms with Crippen molar-refractivity contribution in [3.05, 3.63) is 0 Å². The summed E-state index contributed by atoms with van der Waals surface area (Å²) >= 11 is 0. The minimum atomic E-state index is -1.90. The van der Waals surface area contributed by atoms with Crippen molar-refractivity contribution in [2.45, 2.75) is 71.8 Å². The van der Waals surface area contributed by atoms with Crippen LogP contribution in [-0.2, 0) is 8.85 Å². The molecule has 15 heavy (non-hydrogen) atoms. The molecule has 0 N–H and O–H groups in total. The van der Waals surface area contributed by atoms with Crippen LogP contribution < -0.4 is 0 Å². The standard InChI is InChI=1S/C12H26O2Si/c1-6-15(13-10(2)3,14-11(4)5)9-12-7-8-12/h10-12H,6-9H2,1-5H3. The van der Waals surface area contributed by atoms with E-state index in [4.69, 9.17) is 8.85 Å². The highest BCUT2D eigenvalue weighted by molar-refractivity contribution is 6.67. The number of hydrogen-bond donors (Lipinski definition) is 0. The molecular weight excluding hydrogens is 204 g/mol. The van der Waals surface area contributed by atoms with Crippen LogP contribution in [0, 0.1) is 5.92 Å². The van der Waals surface area contributed by atoms with Gasteiger partial charge in [0.15, 0.2) is 0 Å². The Morgan fingerprint density at radius 3 is 1.80 bits per heavy atom. The van der Waals surface area contributed by atoms with Crippen molar-refractivity contribution >= 4 is 8.56 Å². The number of hydrogen-bond acceptors (Lipinski definition) is 2. The van der Waals surface area contributed by atoms with Crippen LogP contribution in [0.5, 0.6) is 0 Å². The molecule has 0 unspecified atom stereocenters. The zero-order valence-corrected chi connectivity index (χ0v) is 11.9. The topological polar surface area (TPSA) is 18.5 Å². The second-order valence-corrected chi connectivity index (χ2v) is 8.65. The third kappa shape index (κ3) is 4.66. The molecule has 2 nitrogen and oxygen atoms in total. The first-order valence-corrected chi connectivity index (χ1v) is 8.56. The average Bonchev–Trinajstić information content (AvgIpc) is 2.85. The summed E-state index contributed by atoms with van der Waals surface area (Å²) in [5.74, 6) is 0.897. The van der Waals surface area contributed by atoms with E-state index in [0.717, 1.165) is 12.0 Å². The van der Waals surface area contributed by atoms with Crippen LogP contribution in [0.2, 0.25) is 12.1 Å². The van der Waals surface area contributed by atoms with Crippen molar-refractivity contribution in [2.24, 2.45) is 5.92 Å². The van der Waals surface area contributed by atoms with Crippen LogP contribution in [0.15, 0.2) is 0 Å². The first-order chi connectivity index (χ1) is 6.97. The molecule has 1 aliphatic rings. The lowest BCUT2D eigenvalue weighted by atomic mass is 10.5. The lowest BCUT2D eigenvalue weighted by Crippen LogP contribution is -2.45. The molecule has 0 spiro atoms. The number of rotatable bonds is 7. The van der Waals surface area contributed by atoms with Crippen LogP contribution in [0.1, 0.15) is 47.5 Å². The van der Waals surface area contributed by atoms with Gasteiger partial charge in [0.1, 0.15) is 0 Å². The van der Waals surface area contributed by atoms with Crippen LogP contribution in [-0.4, -0.2) is 20.8 Å². The molecule has 1 fully saturated rings. The average molecular weight is 230 g/mol. The second kappa shape index (κ2) is 5.46. The van der Waals surface area contributed by atoms with Gasteiger partial charge in [-0.2, -0.15) is 0 Å². The van der Waals surface area contributed by atoms with Crippen molar-refractivity contribution in [1.82, 2.24) is 0 Å². The van der Waals surface area contributed by atoms with Gasteiger partial charge >= 0.3 is 8.56 Å². The molecule has 1 rings (SSSR count). The monoisotopic (exact) mass is 230 g/mol. The fraction of sp³-hybridized carbons (Fsp3) is 1.00. The van der Waals surface area contributed by atoms with Gasteiger partial charge in [0.05, 0.1) is 0 Å². The van der Waals surface area contributed by atoms with Gasteiger partial charge in [0.2, 0.25) is 0 Å². The van der Waals surface area contributed by atoms with Crippen LogP contribution >= 0.6 is 0 Å². The summed E-state index contributed by atoms with van der Waals surface area (Å²) < 4.78 is 12.3. The molecule has 1 aliphatic carbocycles. The predicted molar refractivity (Wildman–Crippen MR) is 66.2 cm³/mol. The van der Waals surface area contributed by atoms with E-state index in [9.17, 15) is 0 Å². The van der Waals surface area contributed by atoms with E-state index < -0.39 is 8.56 Å². The van der Waals surface area contributed by atoms with Gasteiger partial charge in [-0.3, -0.25) is 0 Å². The molecule has 0 bridgehead atoms. The van der Waals surface area contributed by atoms with E-state index in [0.29, 0.717) is 12.2 Å². The molecule has 0 heterocycles. The van der Waals surface area contributed by atoms with Crippen LogP contribution in [0.3, 0.4) is 0 Å². The summed E-state index contributed by atoms with van der Waals surface area (Å²) in [6.07, 6.45) is 3.37. The second-order valence-electron chi connectivity index (χ2n) is 5.24. The maximum Gasteiger partial charge on any atom is 0.338 e. The van der Waals surface area contributed by atoms with Crippen molar-refractivity contribution in [3.63, 3.8) is 0 Å². The maximum atomic E-state index is 6.17. The van der Waals surface area contributed by atoms with Gasteiger partial charge in [-0.15, -0.1) is 0 Å². The minimum absolute atomic E-state index is 0.300. The van der Waals surface area contributed by atoms with Gasteiger partial charge in [-0.05, 0) is 45.7 Å². The quantitative estimate of drug-likeness (QED) is 0.621. The SMILES string of the molecule is CC[Si](CC1CC1)(OC(C)C)OC(C)C. The first-order valence-electron chi connectivity index (χ1n) is 6.33. The highest BCUT2D eigenvalue weighted by Gasteiger charge is 2.42. The molecule has 0 amide bonds. The zero-order chi connectivity index (χ0) is 11.5. The molecule has 0 aromatic carbocycles. The molecule has 0 aromatic heterocycles. The molecule has 0 radical (unpaired) electrons. The Morgan fingerprint density at radius 2 is 1.53 bits per heavy atom. The summed E-state index contributed by atoms with van der Waals surface area (Å²) in [6.45, 7) is 10.7. The van der Waals surface area contributed by atoms with Crippen molar-refractivity contribution in [2.75, 3.05) is 0 Å². The Labute approximate surface area is 95.6 Å². The van der Waals surface area contributed by atoms with Gasteiger partial charge < -0.3 is 8.85 Å². The van der Waals surface area contributed by atoms with Gasteiger partial charge in [0.25, 0.3) is 0 Å². The summed E-state index contributed by atoms with van der Waals surface area (Å²) in [5.41, 5.74) is 0. The first kappa shape index (κ1) is 13.2. The predicted octanol–water partition coefficient (Wildman–Crippen LogP) is 3.71. The fourth-order valence-corrected chi connectivity index (χ4v) is 5.93. The highest BCUT2D eigenvalue weighted by Crippen LogP contribution is 2.39. The summed E-state index contributed by atoms with van der Waals surface area (Å²) in [6, 6.07) is 2.29.